The van der Waals surface area contributed by atoms with E-state index in [0.717, 1.165) is 50.3 Å². The Labute approximate surface area is 155 Å². The van der Waals surface area contributed by atoms with Crippen molar-refractivity contribution in [2.24, 2.45) is 5.92 Å². The van der Waals surface area contributed by atoms with E-state index in [1.54, 1.807) is 18.6 Å². The van der Waals surface area contributed by atoms with Crippen molar-refractivity contribution < 1.29 is 4.79 Å². The summed E-state index contributed by atoms with van der Waals surface area (Å²) in [5.41, 5.74) is 2.29. The van der Waals surface area contributed by atoms with Crippen LogP contribution in [0.3, 0.4) is 0 Å². The molecule has 1 saturated heterocycles. The molecule has 2 aliphatic rings. The first kappa shape index (κ1) is 17.0. The molecule has 136 valence electrons. The molecule has 26 heavy (non-hydrogen) atoms. The average molecular weight is 350 g/mol. The molecule has 1 aromatic carbocycles. The third-order valence-corrected chi connectivity index (χ3v) is 5.71. The van der Waals surface area contributed by atoms with Gasteiger partial charge in [-0.05, 0) is 51.2 Å². The number of amides is 1. The number of nitrogens with zero attached hydrogens (tertiary/aromatic N) is 4. The van der Waals surface area contributed by atoms with Crippen molar-refractivity contribution in [1.82, 2.24) is 9.97 Å². The Bertz CT molecular complexity index is 734. The van der Waals surface area contributed by atoms with Crippen LogP contribution in [0, 0.1) is 12.8 Å². The van der Waals surface area contributed by atoms with E-state index < -0.39 is 0 Å². The van der Waals surface area contributed by atoms with Crippen molar-refractivity contribution in [2.45, 2.75) is 45.1 Å². The summed E-state index contributed by atoms with van der Waals surface area (Å²) in [5, 5.41) is 0. The molecule has 2 fully saturated rings. The maximum Gasteiger partial charge on any atom is 0.230 e. The predicted molar refractivity (Wildman–Crippen MR) is 103 cm³/mol. The van der Waals surface area contributed by atoms with E-state index in [2.05, 4.69) is 51.0 Å². The lowest BCUT2D eigenvalue weighted by Crippen LogP contribution is -2.49. The van der Waals surface area contributed by atoms with E-state index in [1.807, 2.05) is 0 Å². The van der Waals surface area contributed by atoms with Crippen LogP contribution in [-0.4, -0.2) is 35.0 Å². The summed E-state index contributed by atoms with van der Waals surface area (Å²) in [4.78, 5) is 26.2. The zero-order valence-electron chi connectivity index (χ0n) is 15.3. The van der Waals surface area contributed by atoms with Crippen LogP contribution in [0.25, 0.3) is 0 Å². The lowest BCUT2D eigenvalue weighted by Gasteiger charge is -2.41. The van der Waals surface area contributed by atoms with E-state index in [1.165, 1.54) is 12.0 Å². The molecule has 1 amide bonds. The topological polar surface area (TPSA) is 49.3 Å². The van der Waals surface area contributed by atoms with Gasteiger partial charge in [-0.1, -0.05) is 17.7 Å². The van der Waals surface area contributed by atoms with Crippen LogP contribution in [0.1, 0.15) is 37.7 Å². The average Bonchev–Trinajstić information content (AvgIpc) is 2.66. The number of aryl methyl sites for hydroxylation is 1. The summed E-state index contributed by atoms with van der Waals surface area (Å²) in [7, 11) is 0. The van der Waals surface area contributed by atoms with E-state index in [4.69, 9.17) is 0 Å². The number of piperidine rings is 1. The maximum atomic E-state index is 13.3. The molecular formula is C21H26N4O. The van der Waals surface area contributed by atoms with Gasteiger partial charge in [-0.25, -0.2) is 4.98 Å². The van der Waals surface area contributed by atoms with Gasteiger partial charge in [0.05, 0.1) is 6.20 Å². The van der Waals surface area contributed by atoms with Crippen molar-refractivity contribution in [3.8, 4) is 0 Å². The fourth-order valence-corrected chi connectivity index (χ4v) is 3.88. The minimum Gasteiger partial charge on any atom is -0.355 e. The summed E-state index contributed by atoms with van der Waals surface area (Å²) >= 11 is 0. The Hall–Kier alpha value is -2.43. The molecule has 1 aliphatic heterocycles. The Kier molecular flexibility index (Phi) is 4.87. The van der Waals surface area contributed by atoms with E-state index >= 15 is 0 Å². The molecule has 2 aromatic rings. The fourth-order valence-electron chi connectivity index (χ4n) is 3.88. The van der Waals surface area contributed by atoms with E-state index in [0.29, 0.717) is 11.9 Å². The lowest BCUT2D eigenvalue weighted by atomic mass is 9.88. The van der Waals surface area contributed by atoms with Crippen molar-refractivity contribution >= 4 is 17.4 Å². The molecule has 5 heteroatoms. The second-order valence-electron chi connectivity index (χ2n) is 7.45. The van der Waals surface area contributed by atoms with Crippen LogP contribution >= 0.6 is 0 Å². The van der Waals surface area contributed by atoms with Crippen molar-refractivity contribution in [3.05, 3.63) is 48.4 Å². The SMILES string of the molecule is Cc1ccc(N(C(=O)C2CCN(c3cnccn3)CC2)C2CCC2)cc1. The maximum absolute atomic E-state index is 13.3. The summed E-state index contributed by atoms with van der Waals surface area (Å²) in [5.74, 6) is 1.31. The van der Waals surface area contributed by atoms with Gasteiger partial charge in [-0.3, -0.25) is 9.78 Å². The van der Waals surface area contributed by atoms with E-state index in [9.17, 15) is 4.79 Å². The number of carbonyl (C=O) groups excluding carboxylic acids is 1. The number of anilines is 2. The van der Waals surface area contributed by atoms with Crippen molar-refractivity contribution in [1.29, 1.82) is 0 Å². The number of hydrogen-bond donors (Lipinski definition) is 0. The van der Waals surface area contributed by atoms with E-state index in [-0.39, 0.29) is 5.92 Å². The normalized spacial score (nSPS) is 18.4. The molecule has 0 radical (unpaired) electrons. The minimum atomic E-state index is 0.102. The zero-order chi connectivity index (χ0) is 17.9. The Morgan fingerprint density at radius 2 is 1.81 bits per heavy atom. The largest absolute Gasteiger partial charge is 0.355 e. The minimum absolute atomic E-state index is 0.102. The second-order valence-corrected chi connectivity index (χ2v) is 7.45. The van der Waals surface area contributed by atoms with Gasteiger partial charge >= 0.3 is 0 Å². The Balaban J connectivity index is 1.46. The smallest absolute Gasteiger partial charge is 0.230 e. The third kappa shape index (κ3) is 3.43. The summed E-state index contributed by atoms with van der Waals surface area (Å²) in [6.45, 7) is 3.81. The first-order chi connectivity index (χ1) is 12.7. The predicted octanol–water partition coefficient (Wildman–Crippen LogP) is 3.59. The second kappa shape index (κ2) is 7.44. The van der Waals surface area contributed by atoms with Crippen LogP contribution < -0.4 is 9.80 Å². The molecule has 4 rings (SSSR count). The van der Waals surface area contributed by atoms with Crippen molar-refractivity contribution in [2.75, 3.05) is 22.9 Å². The van der Waals surface area contributed by atoms with Gasteiger partial charge in [0.15, 0.2) is 0 Å². The first-order valence-electron chi connectivity index (χ1n) is 9.63. The summed E-state index contributed by atoms with van der Waals surface area (Å²) in [6.07, 6.45) is 10.5. The molecule has 0 atom stereocenters. The molecule has 1 aliphatic carbocycles. The molecule has 0 unspecified atom stereocenters. The number of rotatable bonds is 4. The van der Waals surface area contributed by atoms with Gasteiger partial charge < -0.3 is 9.80 Å². The highest BCUT2D eigenvalue weighted by molar-refractivity contribution is 5.96. The third-order valence-electron chi connectivity index (χ3n) is 5.71. The lowest BCUT2D eigenvalue weighted by molar-refractivity contribution is -0.123. The Morgan fingerprint density at radius 1 is 1.08 bits per heavy atom. The number of aromatic nitrogens is 2. The van der Waals surface area contributed by atoms with Crippen LogP contribution in [0.15, 0.2) is 42.9 Å². The molecule has 2 heterocycles. The van der Waals surface area contributed by atoms with Crippen LogP contribution in [0.5, 0.6) is 0 Å². The van der Waals surface area contributed by atoms with Crippen LogP contribution in [0.4, 0.5) is 11.5 Å². The molecular weight excluding hydrogens is 324 g/mol. The zero-order valence-corrected chi connectivity index (χ0v) is 15.3. The molecule has 0 spiro atoms. The van der Waals surface area contributed by atoms with Gasteiger partial charge in [0.2, 0.25) is 5.91 Å². The first-order valence-corrected chi connectivity index (χ1v) is 9.63. The van der Waals surface area contributed by atoms with Crippen LogP contribution in [-0.2, 0) is 4.79 Å². The van der Waals surface area contributed by atoms with Gasteiger partial charge in [0.25, 0.3) is 0 Å². The monoisotopic (exact) mass is 350 g/mol. The highest BCUT2D eigenvalue weighted by Gasteiger charge is 2.35. The fraction of sp³-hybridized carbons (Fsp3) is 0.476. The van der Waals surface area contributed by atoms with Gasteiger partial charge in [-0.15, -0.1) is 0 Å². The van der Waals surface area contributed by atoms with Crippen LogP contribution in [0.2, 0.25) is 0 Å². The summed E-state index contributed by atoms with van der Waals surface area (Å²) < 4.78 is 0. The molecule has 5 nitrogen and oxygen atoms in total. The van der Waals surface area contributed by atoms with Gasteiger partial charge in [-0.2, -0.15) is 0 Å². The highest BCUT2D eigenvalue weighted by atomic mass is 16.2. The number of carbonyl (C=O) groups is 1. The molecule has 0 N–H and O–H groups in total. The molecule has 1 saturated carbocycles. The summed E-state index contributed by atoms with van der Waals surface area (Å²) in [6, 6.07) is 8.78. The van der Waals surface area contributed by atoms with Gasteiger partial charge in [0.1, 0.15) is 5.82 Å². The Morgan fingerprint density at radius 3 is 2.38 bits per heavy atom. The number of benzene rings is 1. The standard InChI is InChI=1S/C21H26N4O/c1-16-5-7-19(8-6-16)25(18-3-2-4-18)21(26)17-9-13-24(14-10-17)20-15-22-11-12-23-20/h5-8,11-12,15,17-18H,2-4,9-10,13-14H2,1H3. The number of hydrogen-bond acceptors (Lipinski definition) is 4. The molecule has 1 aromatic heterocycles. The quantitative estimate of drug-likeness (QED) is 0.845. The van der Waals surface area contributed by atoms with Gasteiger partial charge in [0, 0.05) is 43.1 Å². The van der Waals surface area contributed by atoms with Crippen molar-refractivity contribution in [3.63, 3.8) is 0 Å². The highest BCUT2D eigenvalue weighted by Crippen LogP contribution is 2.33. The molecule has 0 bridgehead atoms.